The summed E-state index contributed by atoms with van der Waals surface area (Å²) in [7, 11) is 0. The Hall–Kier alpha value is 0.714. The van der Waals surface area contributed by atoms with Gasteiger partial charge >= 0.3 is 21.7 Å². The van der Waals surface area contributed by atoms with Crippen LogP contribution in [0.5, 0.6) is 0 Å². The molecule has 0 aromatic heterocycles. The van der Waals surface area contributed by atoms with Crippen molar-refractivity contribution in [3.8, 4) is 0 Å². The largest absolute Gasteiger partial charge is 4.00 e. The summed E-state index contributed by atoms with van der Waals surface area (Å²) in [6.45, 7) is 4.54. The van der Waals surface area contributed by atoms with Gasteiger partial charge in [-0.15, -0.1) is 0 Å². The molecule has 0 rings (SSSR count). The number of unbranched alkanes of at least 4 members (excludes halogenated alkanes) is 7. The van der Waals surface area contributed by atoms with Crippen LogP contribution in [0, 0.1) is 0 Å². The zero-order valence-electron chi connectivity index (χ0n) is 8.16. The van der Waals surface area contributed by atoms with E-state index in [4.69, 9.17) is 0 Å². The Morgan fingerprint density at radius 1 is 0.545 bits per heavy atom. The predicted octanol–water partition coefficient (Wildman–Crippen LogP) is 4.14. The molecule has 0 unspecified atom stereocenters. The van der Waals surface area contributed by atoms with E-state index in [0.29, 0.717) is 0 Å². The van der Waals surface area contributed by atoms with Crippen LogP contribution in [0.25, 0.3) is 0 Å². The van der Waals surface area contributed by atoms with Gasteiger partial charge in [-0.1, -0.05) is 65.2 Å². The normalized spacial score (nSPS) is 9.27. The summed E-state index contributed by atoms with van der Waals surface area (Å²) in [5, 5.41) is 0. The first kappa shape index (κ1) is 14.3. The second kappa shape index (κ2) is 13.3. The Morgan fingerprint density at radius 3 is 1.09 bits per heavy atom. The van der Waals surface area contributed by atoms with E-state index in [9.17, 15) is 0 Å². The maximum atomic E-state index is 2.27. The van der Waals surface area contributed by atoms with Crippen molar-refractivity contribution >= 4 is 0 Å². The van der Waals surface area contributed by atoms with Gasteiger partial charge in [0.2, 0.25) is 0 Å². The van der Waals surface area contributed by atoms with E-state index in [2.05, 4.69) is 13.8 Å². The van der Waals surface area contributed by atoms with Crippen molar-refractivity contribution < 1.29 is 21.7 Å². The van der Waals surface area contributed by atoms with Gasteiger partial charge in [0, 0.05) is 0 Å². The molecular weight excluding hydrogens is 168 g/mol. The Bertz CT molecular complexity index is 44.8. The third-order valence-electron chi connectivity index (χ3n) is 1.96. The van der Waals surface area contributed by atoms with Gasteiger partial charge in [0.1, 0.15) is 0 Å². The fourth-order valence-electron chi connectivity index (χ4n) is 1.21. The van der Waals surface area contributed by atoms with Gasteiger partial charge in [-0.05, 0) is 0 Å². The zero-order chi connectivity index (χ0) is 7.66. The standard InChI is InChI=1S/C10H22.Ti/c1-3-5-7-9-10-8-6-4-2;/h3-10H2,1-2H3;/q;+4. The van der Waals surface area contributed by atoms with Gasteiger partial charge in [-0.2, -0.15) is 0 Å². The van der Waals surface area contributed by atoms with E-state index in [0.717, 1.165) is 0 Å². The van der Waals surface area contributed by atoms with Crippen molar-refractivity contribution in [3.63, 3.8) is 0 Å². The molecule has 0 bridgehead atoms. The number of hydrogen-bond acceptors (Lipinski definition) is 0. The van der Waals surface area contributed by atoms with Gasteiger partial charge in [-0.25, -0.2) is 0 Å². The minimum Gasteiger partial charge on any atom is -0.0654 e. The van der Waals surface area contributed by atoms with Crippen molar-refractivity contribution in [2.45, 2.75) is 65.2 Å². The second-order valence-electron chi connectivity index (χ2n) is 3.12. The molecule has 0 aromatic rings. The van der Waals surface area contributed by atoms with Crippen LogP contribution in [0.3, 0.4) is 0 Å². The Balaban J connectivity index is 0. The third kappa shape index (κ3) is 13.7. The summed E-state index contributed by atoms with van der Waals surface area (Å²) >= 11 is 0. The molecule has 62 valence electrons. The van der Waals surface area contributed by atoms with Gasteiger partial charge in [0.25, 0.3) is 0 Å². The van der Waals surface area contributed by atoms with E-state index >= 15 is 0 Å². The van der Waals surface area contributed by atoms with Crippen LogP contribution in [0.15, 0.2) is 0 Å². The van der Waals surface area contributed by atoms with Crippen molar-refractivity contribution in [1.82, 2.24) is 0 Å². The van der Waals surface area contributed by atoms with Crippen molar-refractivity contribution in [2.24, 2.45) is 0 Å². The van der Waals surface area contributed by atoms with Crippen LogP contribution >= 0.6 is 0 Å². The Morgan fingerprint density at radius 2 is 0.818 bits per heavy atom. The smallest absolute Gasteiger partial charge is 0.0654 e. The molecule has 11 heavy (non-hydrogen) atoms. The predicted molar refractivity (Wildman–Crippen MR) is 48.3 cm³/mol. The van der Waals surface area contributed by atoms with E-state index in [-0.39, 0.29) is 21.7 Å². The van der Waals surface area contributed by atoms with Gasteiger partial charge in [0.05, 0.1) is 0 Å². The monoisotopic (exact) mass is 190 g/mol. The quantitative estimate of drug-likeness (QED) is 0.418. The molecule has 0 aliphatic rings. The van der Waals surface area contributed by atoms with Crippen molar-refractivity contribution in [2.75, 3.05) is 0 Å². The molecule has 0 fully saturated rings. The minimum atomic E-state index is 0. The SMILES string of the molecule is CCCCCCCCCC.[Ti+4]. The Kier molecular flexibility index (Phi) is 17.2. The van der Waals surface area contributed by atoms with Crippen molar-refractivity contribution in [1.29, 1.82) is 0 Å². The molecule has 0 heterocycles. The van der Waals surface area contributed by atoms with Crippen LogP contribution in [0.4, 0.5) is 0 Å². The summed E-state index contributed by atoms with van der Waals surface area (Å²) < 4.78 is 0. The molecular formula is C10H22Ti+4. The summed E-state index contributed by atoms with van der Waals surface area (Å²) in [6.07, 6.45) is 11.5. The van der Waals surface area contributed by atoms with Gasteiger partial charge in [0.15, 0.2) is 0 Å². The first-order valence-electron chi connectivity index (χ1n) is 4.91. The van der Waals surface area contributed by atoms with Gasteiger partial charge < -0.3 is 0 Å². The third-order valence-corrected chi connectivity index (χ3v) is 1.96. The maximum absolute atomic E-state index is 2.27. The van der Waals surface area contributed by atoms with Crippen LogP contribution < -0.4 is 0 Å². The first-order chi connectivity index (χ1) is 4.91. The Labute approximate surface area is 87.0 Å². The number of hydrogen-bond donors (Lipinski definition) is 0. The van der Waals surface area contributed by atoms with E-state index in [1.54, 1.807) is 0 Å². The van der Waals surface area contributed by atoms with E-state index in [1.165, 1.54) is 51.4 Å². The first-order valence-corrected chi connectivity index (χ1v) is 4.91. The summed E-state index contributed by atoms with van der Waals surface area (Å²) in [4.78, 5) is 0. The fraction of sp³-hybridized carbons (Fsp3) is 1.00. The van der Waals surface area contributed by atoms with Crippen LogP contribution in [0.1, 0.15) is 65.2 Å². The molecule has 0 aliphatic heterocycles. The molecule has 0 radical (unpaired) electrons. The summed E-state index contributed by atoms with van der Waals surface area (Å²) in [5.74, 6) is 0. The molecule has 0 atom stereocenters. The molecule has 0 aliphatic carbocycles. The average molecular weight is 190 g/mol. The molecule has 0 saturated heterocycles. The number of rotatable bonds is 7. The maximum Gasteiger partial charge on any atom is 4.00 e. The summed E-state index contributed by atoms with van der Waals surface area (Å²) in [5.41, 5.74) is 0. The molecule has 0 aromatic carbocycles. The van der Waals surface area contributed by atoms with Crippen LogP contribution in [-0.2, 0) is 21.7 Å². The molecule has 0 nitrogen and oxygen atoms in total. The molecule has 1 heteroatoms. The zero-order valence-corrected chi connectivity index (χ0v) is 9.72. The van der Waals surface area contributed by atoms with E-state index < -0.39 is 0 Å². The average Bonchev–Trinajstić information content (AvgIpc) is 1.97. The summed E-state index contributed by atoms with van der Waals surface area (Å²) in [6, 6.07) is 0. The fourth-order valence-corrected chi connectivity index (χ4v) is 1.21. The van der Waals surface area contributed by atoms with Crippen LogP contribution in [0.2, 0.25) is 0 Å². The molecule has 0 saturated carbocycles. The molecule has 0 N–H and O–H groups in total. The van der Waals surface area contributed by atoms with Crippen LogP contribution in [-0.4, -0.2) is 0 Å². The van der Waals surface area contributed by atoms with Gasteiger partial charge in [-0.3, -0.25) is 0 Å². The topological polar surface area (TPSA) is 0 Å². The van der Waals surface area contributed by atoms with E-state index in [1.807, 2.05) is 0 Å². The molecule has 0 spiro atoms. The second-order valence-corrected chi connectivity index (χ2v) is 3.12. The van der Waals surface area contributed by atoms with Crippen molar-refractivity contribution in [3.05, 3.63) is 0 Å². The minimum absolute atomic E-state index is 0. The molecule has 0 amide bonds.